The lowest BCUT2D eigenvalue weighted by Crippen LogP contribution is -2.32. The molecule has 0 amide bonds. The molecule has 5 rings (SSSR count). The van der Waals surface area contributed by atoms with Gasteiger partial charge >= 0.3 is 0 Å². The molecule has 3 N–H and O–H groups in total. The minimum Gasteiger partial charge on any atom is -0.422 e. The lowest BCUT2D eigenvalue weighted by atomic mass is 10.0. The predicted octanol–water partition coefficient (Wildman–Crippen LogP) is 4.07. The summed E-state index contributed by atoms with van der Waals surface area (Å²) in [5.41, 5.74) is 6.21. The SMILES string of the molecule is COCc1ccc(-c2ccc3nc(C(c4nnc(CNNS(=O)O)o4)S(=O)(=O)Cc4cccc(F)c4)sc3c2)cc1. The Balaban J connectivity index is 1.51. The number of halogens is 1. The molecule has 0 radical (unpaired) electrons. The Hall–Kier alpha value is -3.44. The number of hydrogen-bond acceptors (Lipinski definition) is 10. The van der Waals surface area contributed by atoms with E-state index in [1.54, 1.807) is 7.11 Å². The third kappa shape index (κ3) is 7.08. The monoisotopic (exact) mass is 617 g/mol. The summed E-state index contributed by atoms with van der Waals surface area (Å²) in [4.78, 5) is 6.66. The van der Waals surface area contributed by atoms with Gasteiger partial charge in [0.1, 0.15) is 10.8 Å². The minimum absolute atomic E-state index is 0.0239. The van der Waals surface area contributed by atoms with E-state index in [9.17, 15) is 17.0 Å². The van der Waals surface area contributed by atoms with Crippen LogP contribution in [0, 0.1) is 5.82 Å². The van der Waals surface area contributed by atoms with Crippen molar-refractivity contribution in [1.82, 2.24) is 25.4 Å². The topological polar surface area (TPSA) is 157 Å². The zero-order chi connectivity index (χ0) is 29.0. The fourth-order valence-corrected chi connectivity index (χ4v) is 7.50. The highest BCUT2D eigenvalue weighted by Crippen LogP contribution is 2.38. The normalized spacial score (nSPS) is 13.4. The fourth-order valence-electron chi connectivity index (χ4n) is 4.17. The zero-order valence-corrected chi connectivity index (χ0v) is 23.9. The standard InChI is InChI=1S/C26H24FN5O6S3/c1-37-14-16-5-7-18(8-6-16)19-9-10-21-22(12-19)39-26(29-21)24(25-31-30-23(38-25)13-28-32-40(33)34)41(35,36)15-17-3-2-4-20(27)11-17/h2-12,24,28,32H,13-15H2,1H3,(H,33,34). The Morgan fingerprint density at radius 1 is 1.07 bits per heavy atom. The number of fused-ring (bicyclic) bond motifs is 1. The molecule has 0 aliphatic rings. The molecule has 41 heavy (non-hydrogen) atoms. The third-order valence-electron chi connectivity index (χ3n) is 5.95. The highest BCUT2D eigenvalue weighted by atomic mass is 32.2. The van der Waals surface area contributed by atoms with Crippen molar-refractivity contribution in [3.8, 4) is 11.1 Å². The predicted molar refractivity (Wildman–Crippen MR) is 152 cm³/mol. The van der Waals surface area contributed by atoms with Gasteiger partial charge in [-0.15, -0.1) is 21.5 Å². The van der Waals surface area contributed by atoms with E-state index in [0.29, 0.717) is 12.1 Å². The number of ether oxygens (including phenoxy) is 1. The maximum absolute atomic E-state index is 13.8. The smallest absolute Gasteiger partial charge is 0.245 e. The van der Waals surface area contributed by atoms with Crippen LogP contribution in [0.25, 0.3) is 21.3 Å². The van der Waals surface area contributed by atoms with Crippen LogP contribution in [-0.4, -0.2) is 39.5 Å². The van der Waals surface area contributed by atoms with Gasteiger partial charge in [-0.05, 0) is 46.5 Å². The Morgan fingerprint density at radius 3 is 2.59 bits per heavy atom. The van der Waals surface area contributed by atoms with Crippen LogP contribution in [0.2, 0.25) is 0 Å². The van der Waals surface area contributed by atoms with Crippen LogP contribution in [0.4, 0.5) is 4.39 Å². The Labute approximate surface area is 241 Å². The van der Waals surface area contributed by atoms with Crippen molar-refractivity contribution in [2.45, 2.75) is 24.2 Å². The van der Waals surface area contributed by atoms with E-state index in [2.05, 4.69) is 25.4 Å². The first-order chi connectivity index (χ1) is 19.7. The molecule has 2 unspecified atom stereocenters. The first kappa shape index (κ1) is 29.1. The summed E-state index contributed by atoms with van der Waals surface area (Å²) in [5.74, 6) is -1.30. The number of rotatable bonds is 12. The number of hydrazine groups is 1. The summed E-state index contributed by atoms with van der Waals surface area (Å²) in [7, 11) is -2.45. The fraction of sp³-hybridized carbons (Fsp3) is 0.192. The number of methoxy groups -OCH3 is 1. The van der Waals surface area contributed by atoms with Crippen molar-refractivity contribution in [2.75, 3.05) is 7.11 Å². The molecular formula is C26H24FN5O6S3. The molecule has 5 aromatic rings. The third-order valence-corrected chi connectivity index (χ3v) is 9.38. The van der Waals surface area contributed by atoms with Crippen molar-refractivity contribution < 1.29 is 30.7 Å². The molecule has 0 aliphatic carbocycles. The lowest BCUT2D eigenvalue weighted by Gasteiger charge is -2.12. The molecule has 11 nitrogen and oxygen atoms in total. The van der Waals surface area contributed by atoms with Crippen molar-refractivity contribution in [3.05, 3.63) is 100 Å². The number of sulfone groups is 1. The molecule has 0 bridgehead atoms. The summed E-state index contributed by atoms with van der Waals surface area (Å²) in [6.07, 6.45) is 0. The summed E-state index contributed by atoms with van der Waals surface area (Å²) in [6.45, 7) is 0.357. The Kier molecular flexibility index (Phi) is 8.94. The second-order valence-corrected chi connectivity index (χ2v) is 12.8. The van der Waals surface area contributed by atoms with Crippen molar-refractivity contribution in [2.24, 2.45) is 0 Å². The van der Waals surface area contributed by atoms with Crippen molar-refractivity contribution >= 4 is 42.7 Å². The van der Waals surface area contributed by atoms with Gasteiger partial charge in [-0.25, -0.2) is 27.4 Å². The van der Waals surface area contributed by atoms with Gasteiger partial charge in [-0.2, -0.15) is 4.83 Å². The second-order valence-electron chi connectivity index (χ2n) is 8.92. The number of thiazole rings is 1. The molecule has 0 saturated carbocycles. The van der Waals surface area contributed by atoms with Crippen LogP contribution in [0.3, 0.4) is 0 Å². The van der Waals surface area contributed by atoms with E-state index in [0.717, 1.165) is 27.5 Å². The molecule has 2 heterocycles. The quantitative estimate of drug-likeness (QED) is 0.138. The van der Waals surface area contributed by atoms with E-state index < -0.39 is 37.9 Å². The van der Waals surface area contributed by atoms with Gasteiger partial charge in [0.15, 0.2) is 15.1 Å². The molecule has 0 spiro atoms. The maximum atomic E-state index is 13.8. The number of hydrogen-bond donors (Lipinski definition) is 3. The molecule has 0 fully saturated rings. The number of benzene rings is 3. The molecular weight excluding hydrogens is 594 g/mol. The molecule has 15 heteroatoms. The van der Waals surface area contributed by atoms with E-state index in [-0.39, 0.29) is 28.9 Å². The number of aromatic nitrogens is 3. The largest absolute Gasteiger partial charge is 0.422 e. The summed E-state index contributed by atoms with van der Waals surface area (Å²) >= 11 is -1.15. The Morgan fingerprint density at radius 2 is 1.85 bits per heavy atom. The first-order valence-electron chi connectivity index (χ1n) is 12.1. The summed E-state index contributed by atoms with van der Waals surface area (Å²) in [5, 5.41) is 6.60. The molecule has 0 aliphatic heterocycles. The zero-order valence-electron chi connectivity index (χ0n) is 21.5. The average Bonchev–Trinajstić information content (AvgIpc) is 3.55. The highest BCUT2D eigenvalue weighted by molar-refractivity contribution is 7.91. The molecule has 2 atom stereocenters. The van der Waals surface area contributed by atoms with Crippen LogP contribution in [0.1, 0.15) is 33.2 Å². The van der Waals surface area contributed by atoms with Crippen LogP contribution in [0.5, 0.6) is 0 Å². The molecule has 3 aromatic carbocycles. The van der Waals surface area contributed by atoms with E-state index >= 15 is 0 Å². The first-order valence-corrected chi connectivity index (χ1v) is 15.7. The highest BCUT2D eigenvalue weighted by Gasteiger charge is 2.37. The average molecular weight is 618 g/mol. The lowest BCUT2D eigenvalue weighted by molar-refractivity contribution is 0.185. The van der Waals surface area contributed by atoms with Crippen LogP contribution in [0.15, 0.2) is 71.1 Å². The van der Waals surface area contributed by atoms with E-state index in [4.69, 9.17) is 13.7 Å². The number of nitrogens with zero attached hydrogens (tertiary/aromatic N) is 3. The van der Waals surface area contributed by atoms with Gasteiger partial charge in [0.25, 0.3) is 0 Å². The van der Waals surface area contributed by atoms with Gasteiger partial charge < -0.3 is 9.15 Å². The van der Waals surface area contributed by atoms with E-state index in [1.165, 1.54) is 29.5 Å². The minimum atomic E-state index is -4.09. The summed E-state index contributed by atoms with van der Waals surface area (Å²) in [6, 6.07) is 18.9. The van der Waals surface area contributed by atoms with Crippen molar-refractivity contribution in [1.29, 1.82) is 0 Å². The van der Waals surface area contributed by atoms with Crippen LogP contribution < -0.4 is 10.3 Å². The van der Waals surface area contributed by atoms with Crippen LogP contribution in [-0.2, 0) is 44.7 Å². The maximum Gasteiger partial charge on any atom is 0.245 e. The van der Waals surface area contributed by atoms with Gasteiger partial charge in [-0.3, -0.25) is 4.55 Å². The van der Waals surface area contributed by atoms with Gasteiger partial charge in [0.2, 0.25) is 23.0 Å². The van der Waals surface area contributed by atoms with Gasteiger partial charge in [0, 0.05) is 7.11 Å². The van der Waals surface area contributed by atoms with Gasteiger partial charge in [0.05, 0.1) is 29.1 Å². The molecule has 214 valence electrons. The second kappa shape index (κ2) is 12.6. The molecule has 2 aromatic heterocycles. The van der Waals surface area contributed by atoms with Crippen molar-refractivity contribution in [3.63, 3.8) is 0 Å². The number of nitrogens with one attached hydrogen (secondary N) is 2. The van der Waals surface area contributed by atoms with Gasteiger partial charge in [-0.1, -0.05) is 42.5 Å². The summed E-state index contributed by atoms with van der Waals surface area (Å²) < 4.78 is 72.6. The Bertz CT molecular complexity index is 1790. The molecule has 0 saturated heterocycles. The van der Waals surface area contributed by atoms with Crippen LogP contribution >= 0.6 is 11.3 Å². The van der Waals surface area contributed by atoms with E-state index in [1.807, 2.05) is 42.5 Å².